The number of benzene rings is 1. The summed E-state index contributed by atoms with van der Waals surface area (Å²) in [5.74, 6) is 0. The van der Waals surface area contributed by atoms with Crippen molar-refractivity contribution in [2.75, 3.05) is 0 Å². The van der Waals surface area contributed by atoms with Crippen molar-refractivity contribution in [3.8, 4) is 0 Å². The molecule has 0 radical (unpaired) electrons. The van der Waals surface area contributed by atoms with E-state index in [4.69, 9.17) is 4.42 Å². The molecule has 0 unspecified atom stereocenters. The Morgan fingerprint density at radius 1 is 1.18 bits per heavy atom. The molecular formula is C8H5BrMgO. The van der Waals surface area contributed by atoms with Crippen LogP contribution in [0, 0.1) is 0 Å². The second-order valence-electron chi connectivity index (χ2n) is 2.26. The monoisotopic (exact) mass is 220 g/mol. The molecule has 1 heterocycles. The fraction of sp³-hybridized carbons (Fsp3) is 0. The summed E-state index contributed by atoms with van der Waals surface area (Å²) in [6.07, 6.45) is 1.79. The summed E-state index contributed by atoms with van der Waals surface area (Å²) < 4.78 is 6.49. The van der Waals surface area contributed by atoms with Crippen LogP contribution in [-0.2, 0) is 0 Å². The molecule has 0 saturated heterocycles. The first-order valence-electron chi connectivity index (χ1n) is 3.16. The van der Waals surface area contributed by atoms with E-state index < -0.39 is 0 Å². The van der Waals surface area contributed by atoms with Gasteiger partial charge in [-0.2, -0.15) is 0 Å². The Kier molecular flexibility index (Phi) is 2.98. The third kappa shape index (κ3) is 1.60. The molecule has 11 heavy (non-hydrogen) atoms. The van der Waals surface area contributed by atoms with Crippen LogP contribution in [0.1, 0.15) is 0 Å². The van der Waals surface area contributed by atoms with Crippen molar-refractivity contribution in [2.24, 2.45) is 0 Å². The SMILES string of the molecule is [Br-].[Mg+][c]1coc2ccccc12. The van der Waals surface area contributed by atoms with Crippen LogP contribution < -0.4 is 20.7 Å². The Hall–Kier alpha value is 0.00623. The zero-order valence-electron chi connectivity index (χ0n) is 5.88. The average Bonchev–Trinajstić information content (AvgIpc) is 2.34. The molecule has 0 N–H and O–H groups in total. The predicted octanol–water partition coefficient (Wildman–Crippen LogP) is -1.77. The van der Waals surface area contributed by atoms with Gasteiger partial charge in [-0.25, -0.2) is 0 Å². The second kappa shape index (κ2) is 3.60. The van der Waals surface area contributed by atoms with E-state index >= 15 is 0 Å². The normalized spacial score (nSPS) is 9.64. The Morgan fingerprint density at radius 3 is 2.64 bits per heavy atom. The van der Waals surface area contributed by atoms with Crippen LogP contribution in [0.15, 0.2) is 34.9 Å². The Labute approximate surface area is 88.0 Å². The van der Waals surface area contributed by atoms with Crippen molar-refractivity contribution in [1.82, 2.24) is 0 Å². The van der Waals surface area contributed by atoms with Gasteiger partial charge < -0.3 is 17.0 Å². The number of rotatable bonds is 0. The topological polar surface area (TPSA) is 13.1 Å². The quantitative estimate of drug-likeness (QED) is 0.480. The van der Waals surface area contributed by atoms with Crippen LogP contribution >= 0.6 is 0 Å². The number of furan rings is 1. The number of halogens is 1. The Balaban J connectivity index is 0.000000605. The van der Waals surface area contributed by atoms with E-state index in [9.17, 15) is 0 Å². The van der Waals surface area contributed by atoms with E-state index in [2.05, 4.69) is 6.07 Å². The first-order valence-corrected chi connectivity index (χ1v) is 3.87. The minimum atomic E-state index is 0. The maximum atomic E-state index is 5.26. The zero-order valence-corrected chi connectivity index (χ0v) is 8.88. The number of hydrogen-bond donors (Lipinski definition) is 0. The molecule has 1 aromatic heterocycles. The van der Waals surface area contributed by atoms with Crippen molar-refractivity contribution < 1.29 is 21.4 Å². The molecule has 0 saturated carbocycles. The van der Waals surface area contributed by atoms with Crippen molar-refractivity contribution in [3.05, 3.63) is 30.5 Å². The number of fused-ring (bicyclic) bond motifs is 1. The number of para-hydroxylation sites is 1. The first-order chi connectivity index (χ1) is 4.88. The van der Waals surface area contributed by atoms with Gasteiger partial charge in [-0.05, 0) is 0 Å². The zero-order chi connectivity index (χ0) is 6.97. The van der Waals surface area contributed by atoms with Gasteiger partial charge in [0.25, 0.3) is 0 Å². The van der Waals surface area contributed by atoms with E-state index in [1.54, 1.807) is 6.26 Å². The summed E-state index contributed by atoms with van der Waals surface area (Å²) in [7, 11) is 0. The van der Waals surface area contributed by atoms with Gasteiger partial charge in [0.2, 0.25) is 0 Å². The molecule has 2 rings (SSSR count). The molecule has 0 atom stereocenters. The molecule has 0 amide bonds. The second-order valence-corrected chi connectivity index (χ2v) is 3.02. The first kappa shape index (κ1) is 9.10. The van der Waals surface area contributed by atoms with E-state index in [0.29, 0.717) is 0 Å². The summed E-state index contributed by atoms with van der Waals surface area (Å²) in [6, 6.07) is 8.05. The molecule has 0 fully saturated rings. The average molecular weight is 221 g/mol. The van der Waals surface area contributed by atoms with Gasteiger partial charge >= 0.3 is 71.3 Å². The molecular weight excluding hydrogens is 216 g/mol. The molecule has 52 valence electrons. The molecule has 0 bridgehead atoms. The Bertz CT molecular complexity index is 356. The van der Waals surface area contributed by atoms with Gasteiger partial charge in [0.15, 0.2) is 0 Å². The fourth-order valence-corrected chi connectivity index (χ4v) is 1.41. The molecule has 0 spiro atoms. The van der Waals surface area contributed by atoms with Gasteiger partial charge in [-0.1, -0.05) is 0 Å². The molecule has 0 aliphatic rings. The summed E-state index contributed by atoms with van der Waals surface area (Å²) in [4.78, 5) is 0. The summed E-state index contributed by atoms with van der Waals surface area (Å²) in [6.45, 7) is 0. The molecule has 3 heteroatoms. The molecule has 0 aliphatic heterocycles. The predicted molar refractivity (Wildman–Crippen MR) is 41.6 cm³/mol. The molecule has 1 aromatic carbocycles. The molecule has 1 nitrogen and oxygen atoms in total. The van der Waals surface area contributed by atoms with Gasteiger partial charge in [0, 0.05) is 0 Å². The van der Waals surface area contributed by atoms with Crippen molar-refractivity contribution in [3.63, 3.8) is 0 Å². The summed E-state index contributed by atoms with van der Waals surface area (Å²) in [5, 5.41) is 1.22. The Morgan fingerprint density at radius 2 is 1.91 bits per heavy atom. The van der Waals surface area contributed by atoms with Crippen LogP contribution in [-0.4, -0.2) is 21.7 Å². The van der Waals surface area contributed by atoms with E-state index in [1.807, 2.05) is 39.9 Å². The summed E-state index contributed by atoms with van der Waals surface area (Å²) in [5.41, 5.74) is 0.979. The van der Waals surface area contributed by atoms with Gasteiger partial charge in [-0.3, -0.25) is 0 Å². The fourth-order valence-electron chi connectivity index (χ4n) is 1.03. The van der Waals surface area contributed by atoms with Crippen LogP contribution in [0.25, 0.3) is 11.0 Å². The molecule has 2 aromatic rings. The van der Waals surface area contributed by atoms with Gasteiger partial charge in [-0.15, -0.1) is 0 Å². The minimum absolute atomic E-state index is 0. The van der Waals surface area contributed by atoms with Gasteiger partial charge in [0.1, 0.15) is 0 Å². The summed E-state index contributed by atoms with van der Waals surface area (Å²) >= 11 is 1.85. The van der Waals surface area contributed by atoms with Crippen LogP contribution in [0.2, 0.25) is 0 Å². The standard InChI is InChI=1S/C8H5O.BrH.Mg/c1-2-4-8-7(3-1)5-6-9-8;;/h1-4,6H;1H;/q;;+1/p-1. The van der Waals surface area contributed by atoms with E-state index in [1.165, 1.54) is 9.08 Å². The van der Waals surface area contributed by atoms with E-state index in [-0.39, 0.29) is 17.0 Å². The van der Waals surface area contributed by atoms with Crippen molar-refractivity contribution in [1.29, 1.82) is 0 Å². The third-order valence-corrected chi connectivity index (χ3v) is 2.11. The number of hydrogen-bond acceptors (Lipinski definition) is 1. The van der Waals surface area contributed by atoms with Crippen molar-refractivity contribution in [2.45, 2.75) is 0 Å². The third-order valence-electron chi connectivity index (χ3n) is 1.56. The van der Waals surface area contributed by atoms with Crippen LogP contribution in [0.4, 0.5) is 0 Å². The molecule has 0 aliphatic carbocycles. The van der Waals surface area contributed by atoms with Crippen LogP contribution in [0.5, 0.6) is 0 Å². The van der Waals surface area contributed by atoms with E-state index in [0.717, 1.165) is 5.58 Å². The van der Waals surface area contributed by atoms with Gasteiger partial charge in [0.05, 0.1) is 0 Å². The van der Waals surface area contributed by atoms with Crippen LogP contribution in [0.3, 0.4) is 0 Å². The maximum absolute atomic E-state index is 5.26. The van der Waals surface area contributed by atoms with Crippen molar-refractivity contribution >= 4 is 36.4 Å².